The van der Waals surface area contributed by atoms with Crippen LogP contribution >= 0.6 is 35.3 Å². The van der Waals surface area contributed by atoms with Crippen LogP contribution in [0.3, 0.4) is 0 Å². The molecule has 7 aromatic rings. The smallest absolute Gasteiger partial charge is 0.252 e. The number of hydrogen-bond acceptors (Lipinski definition) is 6. The number of anilines is 6. The van der Waals surface area contributed by atoms with E-state index in [4.69, 9.17) is 4.74 Å². The lowest BCUT2D eigenvalue weighted by Crippen LogP contribution is -2.61. The molecule has 0 unspecified atom stereocenters. The van der Waals surface area contributed by atoms with E-state index in [9.17, 15) is 0 Å². The van der Waals surface area contributed by atoms with Gasteiger partial charge in [0.1, 0.15) is 11.5 Å². The number of nitrogens with zero attached hydrogens (tertiary/aromatic N) is 2. The second-order valence-corrected chi connectivity index (χ2v) is 16.6. The summed E-state index contributed by atoms with van der Waals surface area (Å²) in [7, 11) is 0. The normalized spacial score (nSPS) is 14.3. The highest BCUT2D eigenvalue weighted by atomic mass is 32.2. The molecule has 4 heterocycles. The lowest BCUT2D eigenvalue weighted by atomic mass is 9.33. The molecule has 7 heteroatoms. The van der Waals surface area contributed by atoms with Crippen molar-refractivity contribution in [3.8, 4) is 11.5 Å². The molecule has 11 rings (SSSR count). The molecule has 0 fully saturated rings. The summed E-state index contributed by atoms with van der Waals surface area (Å²) in [6.07, 6.45) is 0. The lowest BCUT2D eigenvalue weighted by Gasteiger charge is -2.44. The number of hydrogen-bond donors (Lipinski definition) is 0. The Morgan fingerprint density at radius 1 is 0.440 bits per heavy atom. The van der Waals surface area contributed by atoms with Gasteiger partial charge in [0, 0.05) is 69.6 Å². The van der Waals surface area contributed by atoms with Gasteiger partial charge in [0.15, 0.2) is 0 Å². The van der Waals surface area contributed by atoms with Crippen LogP contribution in [0.1, 0.15) is 5.56 Å². The van der Waals surface area contributed by atoms with Crippen molar-refractivity contribution in [2.75, 3.05) is 9.80 Å². The van der Waals surface area contributed by atoms with Gasteiger partial charge in [-0.05, 0) is 132 Å². The minimum atomic E-state index is 0.0498. The van der Waals surface area contributed by atoms with Crippen LogP contribution in [-0.4, -0.2) is 6.71 Å². The molecule has 4 aliphatic rings. The second-order valence-electron chi connectivity index (χ2n) is 13.1. The van der Waals surface area contributed by atoms with Gasteiger partial charge in [0.2, 0.25) is 0 Å². The Morgan fingerprint density at radius 3 is 1.60 bits per heavy atom. The van der Waals surface area contributed by atoms with Crippen molar-refractivity contribution in [1.29, 1.82) is 0 Å². The summed E-state index contributed by atoms with van der Waals surface area (Å²) >= 11 is 5.43. The molecule has 7 aromatic carbocycles. The van der Waals surface area contributed by atoms with Crippen LogP contribution < -0.4 is 30.9 Å². The van der Waals surface area contributed by atoms with E-state index < -0.39 is 0 Å². The molecule has 0 amide bonds. The zero-order valence-corrected chi connectivity index (χ0v) is 29.4. The maximum Gasteiger partial charge on any atom is 0.252 e. The predicted octanol–water partition coefficient (Wildman–Crippen LogP) is 11.0. The fourth-order valence-electron chi connectivity index (χ4n) is 7.89. The SMILES string of the molecule is Cc1cc2c3c(c1)N1c4cccc(c4)Sc4cccc(c4)Sc4ccc(c1c4)B3c1ccc3cc1N2c1cccc(c1)Sc1cccc(c1)O3. The van der Waals surface area contributed by atoms with E-state index in [0.29, 0.717) is 0 Å². The summed E-state index contributed by atoms with van der Waals surface area (Å²) in [5.74, 6) is 1.68. The molecular weight excluding hydrogens is 667 g/mol. The molecule has 0 atom stereocenters. The molecule has 50 heavy (non-hydrogen) atoms. The lowest BCUT2D eigenvalue weighted by molar-refractivity contribution is 0.481. The summed E-state index contributed by atoms with van der Waals surface area (Å²) in [4.78, 5) is 12.3. The number of benzene rings is 7. The molecule has 0 aromatic heterocycles. The van der Waals surface area contributed by atoms with Crippen LogP contribution in [0, 0.1) is 6.92 Å². The third-order valence-corrected chi connectivity index (χ3v) is 12.8. The molecule has 0 aliphatic carbocycles. The third kappa shape index (κ3) is 4.57. The average Bonchev–Trinajstić information content (AvgIpc) is 3.11. The van der Waals surface area contributed by atoms with E-state index in [1.807, 2.05) is 29.6 Å². The monoisotopic (exact) mass is 694 g/mol. The van der Waals surface area contributed by atoms with Crippen molar-refractivity contribution in [1.82, 2.24) is 0 Å². The van der Waals surface area contributed by atoms with Gasteiger partial charge in [-0.25, -0.2) is 0 Å². The van der Waals surface area contributed by atoms with Gasteiger partial charge in [0.05, 0.1) is 0 Å². The molecule has 3 nitrogen and oxygen atoms in total. The van der Waals surface area contributed by atoms with E-state index >= 15 is 0 Å². The van der Waals surface area contributed by atoms with E-state index in [2.05, 4.69) is 156 Å². The Kier molecular flexibility index (Phi) is 6.36. The van der Waals surface area contributed by atoms with Gasteiger partial charge < -0.3 is 14.5 Å². The van der Waals surface area contributed by atoms with Crippen LogP contribution in [0.25, 0.3) is 0 Å². The Hall–Kier alpha value is -4.95. The average molecular weight is 695 g/mol. The molecular formula is C43H27BN2OS3. The maximum absolute atomic E-state index is 6.57. The largest absolute Gasteiger partial charge is 0.457 e. The third-order valence-electron chi connectivity index (χ3n) is 9.86. The fraction of sp³-hybridized carbons (Fsp3) is 0.0233. The first-order valence-electron chi connectivity index (χ1n) is 16.8. The Labute approximate surface area is 304 Å². The van der Waals surface area contributed by atoms with E-state index in [1.165, 1.54) is 69.2 Å². The van der Waals surface area contributed by atoms with Gasteiger partial charge in [-0.2, -0.15) is 0 Å². The first kappa shape index (κ1) is 28.8. The molecule has 4 aliphatic heterocycles. The molecule has 0 saturated heterocycles. The summed E-state index contributed by atoms with van der Waals surface area (Å²) in [5, 5.41) is 0. The van der Waals surface area contributed by atoms with E-state index in [-0.39, 0.29) is 6.71 Å². The van der Waals surface area contributed by atoms with Gasteiger partial charge in [0.25, 0.3) is 6.71 Å². The minimum absolute atomic E-state index is 0.0498. The summed E-state index contributed by atoms with van der Waals surface area (Å²) in [6.45, 7) is 2.28. The Bertz CT molecular complexity index is 2400. The molecule has 12 bridgehead atoms. The van der Waals surface area contributed by atoms with Crippen LogP contribution in [0.2, 0.25) is 0 Å². The molecule has 0 N–H and O–H groups in total. The molecule has 0 saturated carbocycles. The quantitative estimate of drug-likeness (QED) is 0.146. The highest BCUT2D eigenvalue weighted by molar-refractivity contribution is 8.00. The van der Waals surface area contributed by atoms with Crippen molar-refractivity contribution < 1.29 is 4.74 Å². The van der Waals surface area contributed by atoms with Crippen molar-refractivity contribution in [3.63, 3.8) is 0 Å². The van der Waals surface area contributed by atoms with E-state index in [1.54, 1.807) is 11.8 Å². The zero-order chi connectivity index (χ0) is 32.9. The first-order chi connectivity index (χ1) is 24.6. The summed E-state index contributed by atoms with van der Waals surface area (Å²) < 4.78 is 6.57. The van der Waals surface area contributed by atoms with Crippen LogP contribution in [0.15, 0.2) is 175 Å². The summed E-state index contributed by atoms with van der Waals surface area (Å²) in [5.41, 5.74) is 12.3. The number of fused-ring (bicyclic) bond motifs is 16. The molecule has 0 radical (unpaired) electrons. The topological polar surface area (TPSA) is 15.7 Å². The van der Waals surface area contributed by atoms with Crippen molar-refractivity contribution in [2.45, 2.75) is 36.3 Å². The van der Waals surface area contributed by atoms with Crippen LogP contribution in [-0.2, 0) is 0 Å². The van der Waals surface area contributed by atoms with Gasteiger partial charge in [-0.15, -0.1) is 0 Å². The van der Waals surface area contributed by atoms with Crippen molar-refractivity contribution >= 4 is 92.5 Å². The molecule has 0 spiro atoms. The number of ether oxygens (including phenoxy) is 1. The van der Waals surface area contributed by atoms with Gasteiger partial charge in [-0.3, -0.25) is 0 Å². The number of rotatable bonds is 0. The van der Waals surface area contributed by atoms with Gasteiger partial charge >= 0.3 is 0 Å². The fourth-order valence-corrected chi connectivity index (χ4v) is 10.7. The standard InChI is InChI=1S/C43H27BN2OS3/c1-26-18-41-43-42(19-26)46-28-7-3-10-32(21-28)49-34-12-5-13-35(24-34)50-36-15-17-38(40(46)25-36)44(43)37-16-14-30-23-39(37)45(41)27-6-2-9-31(20-27)48-33-11-4-8-29(22-33)47-30/h2-25H,1H3. The zero-order valence-electron chi connectivity index (χ0n) is 27.0. The molecule has 236 valence electrons. The van der Waals surface area contributed by atoms with Crippen molar-refractivity contribution in [2.24, 2.45) is 0 Å². The van der Waals surface area contributed by atoms with Crippen LogP contribution in [0.4, 0.5) is 34.1 Å². The number of aryl methyl sites for hydroxylation is 1. The maximum atomic E-state index is 6.57. The predicted molar refractivity (Wildman–Crippen MR) is 211 cm³/mol. The Balaban J connectivity index is 1.21. The first-order valence-corrected chi connectivity index (χ1v) is 19.2. The van der Waals surface area contributed by atoms with Gasteiger partial charge in [-0.1, -0.05) is 71.7 Å². The summed E-state index contributed by atoms with van der Waals surface area (Å²) in [6, 6.07) is 53.8. The minimum Gasteiger partial charge on any atom is -0.457 e. The van der Waals surface area contributed by atoms with Crippen LogP contribution in [0.5, 0.6) is 11.5 Å². The Morgan fingerprint density at radius 2 is 0.940 bits per heavy atom. The highest BCUT2D eigenvalue weighted by Crippen LogP contribution is 2.48. The second kappa shape index (κ2) is 11.0. The van der Waals surface area contributed by atoms with Crippen molar-refractivity contribution in [3.05, 3.63) is 151 Å². The highest BCUT2D eigenvalue weighted by Gasteiger charge is 2.43. The van der Waals surface area contributed by atoms with E-state index in [0.717, 1.165) is 27.8 Å².